The standard InChI is InChI=1S/C11H16NOSSe/c1-4-13-7-5-6-10-8(2)12-11(14-10)9(3)15/h4-6,9,11-12H,1,7H2,2-3H3/b6-5+. The van der Waals surface area contributed by atoms with E-state index in [1.807, 2.05) is 17.8 Å². The molecule has 0 spiro atoms. The van der Waals surface area contributed by atoms with Gasteiger partial charge in [0.25, 0.3) is 0 Å². The van der Waals surface area contributed by atoms with Gasteiger partial charge in [-0.05, 0) is 0 Å². The van der Waals surface area contributed by atoms with E-state index in [1.165, 1.54) is 16.9 Å². The Morgan fingerprint density at radius 2 is 2.47 bits per heavy atom. The first kappa shape index (κ1) is 12.8. The molecule has 1 aliphatic rings. The number of allylic oxidation sites excluding steroid dienone is 2. The van der Waals surface area contributed by atoms with E-state index in [0.29, 0.717) is 16.8 Å². The Kier molecular flexibility index (Phi) is 5.37. The van der Waals surface area contributed by atoms with Gasteiger partial charge in [-0.3, -0.25) is 0 Å². The van der Waals surface area contributed by atoms with Crippen molar-refractivity contribution >= 4 is 27.8 Å². The molecule has 0 saturated heterocycles. The average Bonchev–Trinajstić information content (AvgIpc) is 2.55. The number of nitrogens with one attached hydrogen (secondary N) is 1. The van der Waals surface area contributed by atoms with Gasteiger partial charge in [-0.2, -0.15) is 0 Å². The Morgan fingerprint density at radius 3 is 3.00 bits per heavy atom. The van der Waals surface area contributed by atoms with Crippen LogP contribution in [0.3, 0.4) is 0 Å². The summed E-state index contributed by atoms with van der Waals surface area (Å²) < 4.78 is 5.02. The zero-order valence-electron chi connectivity index (χ0n) is 9.03. The number of hydrogen-bond acceptors (Lipinski definition) is 3. The van der Waals surface area contributed by atoms with Crippen LogP contribution in [0.1, 0.15) is 13.8 Å². The molecule has 1 aliphatic heterocycles. The van der Waals surface area contributed by atoms with E-state index < -0.39 is 0 Å². The van der Waals surface area contributed by atoms with Crippen LogP contribution >= 0.6 is 11.8 Å². The van der Waals surface area contributed by atoms with Crippen molar-refractivity contribution in [3.63, 3.8) is 0 Å². The second kappa shape index (κ2) is 6.31. The summed E-state index contributed by atoms with van der Waals surface area (Å²) in [6.07, 6.45) is 5.55. The van der Waals surface area contributed by atoms with Crippen LogP contribution in [-0.2, 0) is 4.74 Å². The number of ether oxygens (including phenoxy) is 1. The molecule has 4 heteroatoms. The van der Waals surface area contributed by atoms with E-state index in [-0.39, 0.29) is 0 Å². The third-order valence-corrected chi connectivity index (χ3v) is 4.42. The van der Waals surface area contributed by atoms with Gasteiger partial charge in [0, 0.05) is 0 Å². The molecule has 0 amide bonds. The summed E-state index contributed by atoms with van der Waals surface area (Å²) in [5.41, 5.74) is 1.24. The number of rotatable bonds is 5. The van der Waals surface area contributed by atoms with Crippen LogP contribution in [0.2, 0.25) is 4.82 Å². The van der Waals surface area contributed by atoms with Gasteiger partial charge in [0.15, 0.2) is 0 Å². The van der Waals surface area contributed by atoms with Crippen LogP contribution in [0.25, 0.3) is 0 Å². The summed E-state index contributed by atoms with van der Waals surface area (Å²) in [4.78, 5) is 1.80. The maximum absolute atomic E-state index is 5.02. The molecule has 0 aliphatic carbocycles. The van der Waals surface area contributed by atoms with Gasteiger partial charge in [0.1, 0.15) is 0 Å². The van der Waals surface area contributed by atoms with E-state index in [9.17, 15) is 0 Å². The van der Waals surface area contributed by atoms with Gasteiger partial charge in [-0.1, -0.05) is 0 Å². The van der Waals surface area contributed by atoms with Crippen LogP contribution in [0, 0.1) is 0 Å². The van der Waals surface area contributed by atoms with Crippen molar-refractivity contribution in [3.8, 4) is 0 Å². The molecule has 15 heavy (non-hydrogen) atoms. The Bertz CT molecular complexity index is 286. The summed E-state index contributed by atoms with van der Waals surface area (Å²) in [6.45, 7) is 8.35. The van der Waals surface area contributed by atoms with Gasteiger partial charge < -0.3 is 0 Å². The van der Waals surface area contributed by atoms with Crippen molar-refractivity contribution in [2.24, 2.45) is 0 Å². The molecule has 1 heterocycles. The predicted octanol–water partition coefficient (Wildman–Crippen LogP) is 2.57. The van der Waals surface area contributed by atoms with Crippen molar-refractivity contribution < 1.29 is 4.74 Å². The molecule has 0 aromatic heterocycles. The minimum absolute atomic E-state index is 0.449. The van der Waals surface area contributed by atoms with Crippen molar-refractivity contribution in [1.29, 1.82) is 0 Å². The zero-order valence-corrected chi connectivity index (χ0v) is 11.6. The Balaban J connectivity index is 2.45. The Morgan fingerprint density at radius 1 is 1.73 bits per heavy atom. The Labute approximate surface area is 104 Å². The summed E-state index contributed by atoms with van der Waals surface area (Å²) in [6, 6.07) is 0. The van der Waals surface area contributed by atoms with Crippen LogP contribution in [0.5, 0.6) is 0 Å². The normalized spacial score (nSPS) is 23.0. The molecule has 2 unspecified atom stereocenters. The van der Waals surface area contributed by atoms with Crippen LogP contribution in [0.4, 0.5) is 0 Å². The van der Waals surface area contributed by atoms with Crippen molar-refractivity contribution in [3.05, 3.63) is 35.6 Å². The quantitative estimate of drug-likeness (QED) is 0.477. The molecule has 0 bridgehead atoms. The van der Waals surface area contributed by atoms with Crippen LogP contribution in [-0.4, -0.2) is 28.0 Å². The van der Waals surface area contributed by atoms with Gasteiger partial charge in [-0.25, -0.2) is 0 Å². The maximum atomic E-state index is 5.02. The third-order valence-electron chi connectivity index (χ3n) is 1.99. The molecule has 0 saturated carbocycles. The molecule has 0 aromatic rings. The number of hydrogen-bond donors (Lipinski definition) is 1. The van der Waals surface area contributed by atoms with E-state index in [0.717, 1.165) is 0 Å². The first-order chi connectivity index (χ1) is 7.15. The number of thioether (sulfide) groups is 1. The van der Waals surface area contributed by atoms with E-state index in [1.54, 1.807) is 0 Å². The van der Waals surface area contributed by atoms with Gasteiger partial charge in [0.05, 0.1) is 0 Å². The van der Waals surface area contributed by atoms with E-state index in [2.05, 4.69) is 47.8 Å². The van der Waals surface area contributed by atoms with Gasteiger partial charge in [-0.15, -0.1) is 0 Å². The van der Waals surface area contributed by atoms with Gasteiger partial charge >= 0.3 is 104 Å². The molecule has 1 N–H and O–H groups in total. The molecular weight excluding hydrogens is 273 g/mol. The van der Waals surface area contributed by atoms with Gasteiger partial charge in [0.2, 0.25) is 0 Å². The second-order valence-electron chi connectivity index (χ2n) is 3.28. The fraction of sp³-hybridized carbons (Fsp3) is 0.455. The molecule has 1 rings (SSSR count). The first-order valence-corrected chi connectivity index (χ1v) is 6.71. The summed E-state index contributed by atoms with van der Waals surface area (Å²) in [5.74, 6) is 0. The molecule has 2 nitrogen and oxygen atoms in total. The van der Waals surface area contributed by atoms with Crippen molar-refractivity contribution in [1.82, 2.24) is 5.32 Å². The monoisotopic (exact) mass is 290 g/mol. The fourth-order valence-corrected chi connectivity index (χ4v) is 2.80. The SMILES string of the molecule is C=COC/C=C/C1=C(C)NC(C(C)[Se])S1. The summed E-state index contributed by atoms with van der Waals surface area (Å²) >= 11 is 4.98. The molecule has 2 atom stereocenters. The summed E-state index contributed by atoms with van der Waals surface area (Å²) in [5, 5.41) is 3.89. The molecular formula is C11H16NOSSe. The molecule has 0 fully saturated rings. The van der Waals surface area contributed by atoms with Crippen LogP contribution < -0.4 is 5.32 Å². The van der Waals surface area contributed by atoms with Crippen molar-refractivity contribution in [2.45, 2.75) is 24.0 Å². The minimum atomic E-state index is 0.449. The Hall–Kier alpha value is -0.311. The first-order valence-electron chi connectivity index (χ1n) is 4.84. The third kappa shape index (κ3) is 3.98. The molecule has 1 radical (unpaired) electrons. The average molecular weight is 289 g/mol. The predicted molar refractivity (Wildman–Crippen MR) is 67.7 cm³/mol. The zero-order chi connectivity index (χ0) is 11.3. The fourth-order valence-electron chi connectivity index (χ4n) is 1.20. The summed E-state index contributed by atoms with van der Waals surface area (Å²) in [7, 11) is 0. The van der Waals surface area contributed by atoms with E-state index >= 15 is 0 Å². The van der Waals surface area contributed by atoms with E-state index in [4.69, 9.17) is 4.74 Å². The topological polar surface area (TPSA) is 21.3 Å². The van der Waals surface area contributed by atoms with Crippen LogP contribution in [0.15, 0.2) is 35.6 Å². The second-order valence-corrected chi connectivity index (χ2v) is 6.02. The molecule has 83 valence electrons. The molecule has 0 aromatic carbocycles. The van der Waals surface area contributed by atoms with Crippen molar-refractivity contribution in [2.75, 3.05) is 6.61 Å².